The first-order chi connectivity index (χ1) is 10.7. The zero-order chi connectivity index (χ0) is 15.4. The van der Waals surface area contributed by atoms with Gasteiger partial charge in [-0.1, -0.05) is 30.7 Å². The van der Waals surface area contributed by atoms with Crippen LogP contribution in [0, 0.1) is 5.41 Å². The molecule has 0 aromatic carbocycles. The van der Waals surface area contributed by atoms with Crippen LogP contribution >= 0.6 is 0 Å². The maximum Gasteiger partial charge on any atom is 0.236 e. The molecule has 0 saturated heterocycles. The second-order valence-corrected chi connectivity index (χ2v) is 6.81. The topological polar surface area (TPSA) is 58.2 Å². The first-order valence-electron chi connectivity index (χ1n) is 8.66. The zero-order valence-corrected chi connectivity index (χ0v) is 13.1. The van der Waals surface area contributed by atoms with Crippen LogP contribution in [0.2, 0.25) is 0 Å². The van der Waals surface area contributed by atoms with Crippen molar-refractivity contribution >= 4 is 11.8 Å². The van der Waals surface area contributed by atoms with E-state index in [-0.39, 0.29) is 23.9 Å². The Balaban J connectivity index is 1.62. The van der Waals surface area contributed by atoms with Crippen molar-refractivity contribution in [3.63, 3.8) is 0 Å². The van der Waals surface area contributed by atoms with Gasteiger partial charge in [0.25, 0.3) is 0 Å². The fourth-order valence-corrected chi connectivity index (χ4v) is 3.57. The van der Waals surface area contributed by atoms with Gasteiger partial charge >= 0.3 is 0 Å². The van der Waals surface area contributed by atoms with Crippen LogP contribution in [0.5, 0.6) is 0 Å². The molecule has 4 heteroatoms. The van der Waals surface area contributed by atoms with E-state index in [4.69, 9.17) is 0 Å². The summed E-state index contributed by atoms with van der Waals surface area (Å²) in [6.45, 7) is 0. The largest absolute Gasteiger partial charge is 0.349 e. The minimum absolute atomic E-state index is 0.0763. The second kappa shape index (κ2) is 6.67. The number of carbonyl (C=O) groups is 2. The summed E-state index contributed by atoms with van der Waals surface area (Å²) in [5.41, 5.74) is -0.823. The summed E-state index contributed by atoms with van der Waals surface area (Å²) in [7, 11) is 0. The second-order valence-electron chi connectivity index (χ2n) is 6.81. The number of carbonyl (C=O) groups excluding carboxylic acids is 2. The molecule has 2 atom stereocenters. The summed E-state index contributed by atoms with van der Waals surface area (Å²) >= 11 is 0. The quantitative estimate of drug-likeness (QED) is 0.619. The van der Waals surface area contributed by atoms with Gasteiger partial charge in [0.15, 0.2) is 0 Å². The predicted molar refractivity (Wildman–Crippen MR) is 86.1 cm³/mol. The van der Waals surface area contributed by atoms with Gasteiger partial charge in [0.2, 0.25) is 11.8 Å². The number of nitrogens with one attached hydrogen (secondary N) is 2. The highest BCUT2D eigenvalue weighted by atomic mass is 16.2. The van der Waals surface area contributed by atoms with Crippen molar-refractivity contribution in [2.24, 2.45) is 5.41 Å². The van der Waals surface area contributed by atoms with Gasteiger partial charge in [-0.05, 0) is 51.4 Å². The molecule has 3 aliphatic carbocycles. The minimum Gasteiger partial charge on any atom is -0.349 e. The smallest absolute Gasteiger partial charge is 0.236 e. The fraction of sp³-hybridized carbons (Fsp3) is 0.667. The Morgan fingerprint density at radius 1 is 0.818 bits per heavy atom. The molecule has 2 amide bonds. The van der Waals surface area contributed by atoms with E-state index in [2.05, 4.69) is 34.9 Å². The van der Waals surface area contributed by atoms with E-state index in [1.807, 2.05) is 0 Å². The molecule has 0 aromatic rings. The first-order valence-corrected chi connectivity index (χ1v) is 8.66. The van der Waals surface area contributed by atoms with Crippen molar-refractivity contribution in [1.82, 2.24) is 10.6 Å². The Bertz CT molecular complexity index is 451. The fourth-order valence-electron chi connectivity index (χ4n) is 3.57. The maximum absolute atomic E-state index is 12.7. The molecule has 1 fully saturated rings. The van der Waals surface area contributed by atoms with Crippen molar-refractivity contribution in [2.45, 2.75) is 69.9 Å². The van der Waals surface area contributed by atoms with Crippen LogP contribution in [0.4, 0.5) is 0 Å². The van der Waals surface area contributed by atoms with Crippen LogP contribution < -0.4 is 10.6 Å². The monoisotopic (exact) mass is 302 g/mol. The van der Waals surface area contributed by atoms with Crippen LogP contribution in [0.1, 0.15) is 57.8 Å². The van der Waals surface area contributed by atoms with Gasteiger partial charge in [0.05, 0.1) is 0 Å². The van der Waals surface area contributed by atoms with Crippen LogP contribution in [0.15, 0.2) is 24.3 Å². The average molecular weight is 302 g/mol. The van der Waals surface area contributed by atoms with Crippen LogP contribution in [-0.4, -0.2) is 23.9 Å². The average Bonchev–Trinajstić information content (AvgIpc) is 2.48. The van der Waals surface area contributed by atoms with E-state index in [1.165, 1.54) is 0 Å². The predicted octanol–water partition coefficient (Wildman–Crippen LogP) is 2.61. The Morgan fingerprint density at radius 2 is 1.32 bits per heavy atom. The van der Waals surface area contributed by atoms with Gasteiger partial charge in [0.1, 0.15) is 5.41 Å². The molecule has 4 nitrogen and oxygen atoms in total. The van der Waals surface area contributed by atoms with Crippen molar-refractivity contribution in [1.29, 1.82) is 0 Å². The summed E-state index contributed by atoms with van der Waals surface area (Å²) in [6.07, 6.45) is 17.0. The summed E-state index contributed by atoms with van der Waals surface area (Å²) in [4.78, 5) is 25.3. The summed E-state index contributed by atoms with van der Waals surface area (Å²) in [5.74, 6) is -0.153. The molecule has 0 spiro atoms. The van der Waals surface area contributed by atoms with Crippen LogP contribution in [0.3, 0.4) is 0 Å². The zero-order valence-electron chi connectivity index (χ0n) is 13.1. The van der Waals surface area contributed by atoms with Crippen LogP contribution in [-0.2, 0) is 9.59 Å². The van der Waals surface area contributed by atoms with E-state index >= 15 is 0 Å². The summed E-state index contributed by atoms with van der Waals surface area (Å²) < 4.78 is 0. The van der Waals surface area contributed by atoms with Gasteiger partial charge in [-0.25, -0.2) is 0 Å². The van der Waals surface area contributed by atoms with Gasteiger partial charge in [-0.15, -0.1) is 0 Å². The molecule has 1 saturated carbocycles. The third kappa shape index (κ3) is 3.11. The SMILES string of the molecule is O=C(N[C@@H]1C=CCCC1)C1(C(=O)N[C@H]2C=CCCC2)CCC1. The van der Waals surface area contributed by atoms with Crippen molar-refractivity contribution in [2.75, 3.05) is 0 Å². The molecule has 0 radical (unpaired) electrons. The Labute approximate surface area is 132 Å². The number of allylic oxidation sites excluding steroid dienone is 2. The van der Waals surface area contributed by atoms with E-state index in [0.29, 0.717) is 12.8 Å². The standard InChI is InChI=1S/C18H26N2O2/c21-16(19-14-8-3-1-4-9-14)18(12-7-13-18)17(22)20-15-10-5-2-6-11-15/h3,5,8,10,14-15H,1-2,4,6-7,9,11-13H2,(H,19,21)(H,20,22)/t14-,15+. The molecular weight excluding hydrogens is 276 g/mol. The minimum atomic E-state index is -0.823. The molecule has 22 heavy (non-hydrogen) atoms. The molecule has 120 valence electrons. The third-order valence-electron chi connectivity index (χ3n) is 5.22. The van der Waals surface area contributed by atoms with E-state index in [1.54, 1.807) is 0 Å². The lowest BCUT2D eigenvalue weighted by molar-refractivity contribution is -0.150. The lowest BCUT2D eigenvalue weighted by atomic mass is 9.67. The molecular formula is C18H26N2O2. The van der Waals surface area contributed by atoms with Gasteiger partial charge in [-0.3, -0.25) is 9.59 Å². The van der Waals surface area contributed by atoms with Gasteiger partial charge < -0.3 is 10.6 Å². The van der Waals surface area contributed by atoms with Gasteiger partial charge in [0, 0.05) is 12.1 Å². The molecule has 2 N–H and O–H groups in total. The Hall–Kier alpha value is -1.58. The van der Waals surface area contributed by atoms with E-state index in [0.717, 1.165) is 44.9 Å². The lowest BCUT2D eigenvalue weighted by Gasteiger charge is -2.40. The molecule has 0 aromatic heterocycles. The summed E-state index contributed by atoms with van der Waals surface area (Å²) in [6, 6.07) is 0.196. The first kappa shape index (κ1) is 15.3. The normalized spacial score (nSPS) is 29.5. The molecule has 0 unspecified atom stereocenters. The number of rotatable bonds is 4. The Morgan fingerprint density at radius 3 is 1.64 bits per heavy atom. The molecule has 0 bridgehead atoms. The number of amides is 2. The highest BCUT2D eigenvalue weighted by molar-refractivity contribution is 6.06. The number of hydrogen-bond donors (Lipinski definition) is 2. The van der Waals surface area contributed by atoms with Crippen molar-refractivity contribution in [3.05, 3.63) is 24.3 Å². The lowest BCUT2D eigenvalue weighted by Crippen LogP contribution is -2.58. The molecule has 0 heterocycles. The Kier molecular flexibility index (Phi) is 4.65. The molecule has 0 aliphatic heterocycles. The van der Waals surface area contributed by atoms with Crippen LogP contribution in [0.25, 0.3) is 0 Å². The molecule has 3 aliphatic rings. The summed E-state index contributed by atoms with van der Waals surface area (Å²) in [5, 5.41) is 6.15. The molecule has 3 rings (SSSR count). The maximum atomic E-state index is 12.7. The highest BCUT2D eigenvalue weighted by Crippen LogP contribution is 2.42. The van der Waals surface area contributed by atoms with Crippen molar-refractivity contribution in [3.8, 4) is 0 Å². The van der Waals surface area contributed by atoms with E-state index < -0.39 is 5.41 Å². The van der Waals surface area contributed by atoms with E-state index in [9.17, 15) is 9.59 Å². The number of hydrogen-bond acceptors (Lipinski definition) is 2. The van der Waals surface area contributed by atoms with Gasteiger partial charge in [-0.2, -0.15) is 0 Å². The van der Waals surface area contributed by atoms with Crippen molar-refractivity contribution < 1.29 is 9.59 Å². The highest BCUT2D eigenvalue weighted by Gasteiger charge is 2.51. The third-order valence-corrected chi connectivity index (χ3v) is 5.22.